The number of methoxy groups -OCH3 is 1. The van der Waals surface area contributed by atoms with Gasteiger partial charge in [0.15, 0.2) is 0 Å². The molecule has 1 rings (SSSR count). The normalized spacial score (nSPS) is 9.44. The second-order valence-corrected chi connectivity index (χ2v) is 3.55. The molecule has 0 saturated heterocycles. The number of hydrogen-bond acceptors (Lipinski definition) is 4. The highest BCUT2D eigenvalue weighted by Gasteiger charge is 2.16. The van der Waals surface area contributed by atoms with E-state index in [1.165, 1.54) is 25.3 Å². The van der Waals surface area contributed by atoms with E-state index in [2.05, 4.69) is 0 Å². The summed E-state index contributed by atoms with van der Waals surface area (Å²) in [6.45, 7) is 0. The van der Waals surface area contributed by atoms with Crippen LogP contribution in [-0.4, -0.2) is 25.1 Å². The first-order chi connectivity index (χ1) is 8.43. The predicted molar refractivity (Wildman–Crippen MR) is 63.6 cm³/mol. The van der Waals surface area contributed by atoms with Gasteiger partial charge >= 0.3 is 12.1 Å². The Balaban J connectivity index is 2.87. The molecule has 0 spiro atoms. The molecular weight excluding hydrogens is 262 g/mol. The third kappa shape index (κ3) is 3.63. The summed E-state index contributed by atoms with van der Waals surface area (Å²) in [6.07, 6.45) is 0. The van der Waals surface area contributed by atoms with Crippen molar-refractivity contribution in [3.05, 3.63) is 28.8 Å². The van der Waals surface area contributed by atoms with E-state index in [-0.39, 0.29) is 11.3 Å². The van der Waals surface area contributed by atoms with E-state index in [1.54, 1.807) is 5.32 Å². The molecule has 0 bridgehead atoms. The Labute approximate surface area is 107 Å². The molecule has 0 aliphatic rings. The molecule has 96 valence electrons. The van der Waals surface area contributed by atoms with E-state index < -0.39 is 18.0 Å². The maximum absolute atomic E-state index is 11.7. The van der Waals surface area contributed by atoms with Gasteiger partial charge in [-0.05, 0) is 18.2 Å². The number of carbonyl (C=O) groups is 3. The zero-order valence-electron chi connectivity index (χ0n) is 9.32. The summed E-state index contributed by atoms with van der Waals surface area (Å²) in [5.41, 5.74) is 4.78. The van der Waals surface area contributed by atoms with Crippen molar-refractivity contribution in [3.63, 3.8) is 0 Å². The van der Waals surface area contributed by atoms with Crippen molar-refractivity contribution in [2.24, 2.45) is 5.73 Å². The fourth-order valence-electron chi connectivity index (χ4n) is 1.17. The first kappa shape index (κ1) is 13.8. The Morgan fingerprint density at radius 1 is 1.28 bits per heavy atom. The van der Waals surface area contributed by atoms with E-state index in [9.17, 15) is 14.4 Å². The zero-order valence-corrected chi connectivity index (χ0v) is 10.1. The number of carbonyl (C=O) groups excluding carboxylic acids is 3. The van der Waals surface area contributed by atoms with E-state index in [4.69, 9.17) is 22.1 Å². The average Bonchev–Trinajstić information content (AvgIpc) is 2.27. The van der Waals surface area contributed by atoms with E-state index in [0.29, 0.717) is 5.02 Å². The quantitative estimate of drug-likeness (QED) is 0.741. The highest BCUT2D eigenvalue weighted by atomic mass is 35.5. The molecule has 0 saturated carbocycles. The van der Waals surface area contributed by atoms with Gasteiger partial charge in [0.25, 0.3) is 5.91 Å². The molecule has 8 heteroatoms. The van der Waals surface area contributed by atoms with Crippen molar-refractivity contribution in [1.29, 1.82) is 0 Å². The van der Waals surface area contributed by atoms with Crippen LogP contribution in [0, 0.1) is 0 Å². The minimum absolute atomic E-state index is 0.0598. The van der Waals surface area contributed by atoms with Crippen LogP contribution in [0.5, 0.6) is 5.75 Å². The largest absolute Gasteiger partial charge is 0.496 e. The molecule has 5 amide bonds. The lowest BCUT2D eigenvalue weighted by molar-refractivity contribution is 0.0962. The van der Waals surface area contributed by atoms with Crippen LogP contribution in [0.1, 0.15) is 10.4 Å². The Bertz CT molecular complexity index is 504. The number of amides is 5. The van der Waals surface area contributed by atoms with Crippen LogP contribution < -0.4 is 21.1 Å². The van der Waals surface area contributed by atoms with Crippen molar-refractivity contribution in [3.8, 4) is 5.75 Å². The van der Waals surface area contributed by atoms with Gasteiger partial charge < -0.3 is 10.5 Å². The summed E-state index contributed by atoms with van der Waals surface area (Å²) in [5.74, 6) is -0.531. The molecule has 1 aromatic rings. The number of hydrogen-bond donors (Lipinski definition) is 3. The van der Waals surface area contributed by atoms with Gasteiger partial charge in [-0.25, -0.2) is 9.59 Å². The number of halogens is 1. The summed E-state index contributed by atoms with van der Waals surface area (Å²) in [4.78, 5) is 33.2. The van der Waals surface area contributed by atoms with Gasteiger partial charge in [0.2, 0.25) is 0 Å². The molecule has 0 aromatic heterocycles. The minimum Gasteiger partial charge on any atom is -0.496 e. The third-order valence-electron chi connectivity index (χ3n) is 1.87. The lowest BCUT2D eigenvalue weighted by Crippen LogP contribution is -2.44. The number of nitrogens with two attached hydrogens (primary N) is 1. The summed E-state index contributed by atoms with van der Waals surface area (Å²) >= 11 is 5.73. The first-order valence-corrected chi connectivity index (χ1v) is 5.07. The molecule has 18 heavy (non-hydrogen) atoms. The molecule has 0 aliphatic carbocycles. The van der Waals surface area contributed by atoms with Crippen molar-refractivity contribution >= 4 is 29.6 Å². The highest BCUT2D eigenvalue weighted by Crippen LogP contribution is 2.22. The van der Waals surface area contributed by atoms with Crippen LogP contribution in [-0.2, 0) is 0 Å². The van der Waals surface area contributed by atoms with Crippen LogP contribution in [0.3, 0.4) is 0 Å². The number of rotatable bonds is 2. The zero-order chi connectivity index (χ0) is 13.7. The van der Waals surface area contributed by atoms with Gasteiger partial charge in [-0.3, -0.25) is 15.4 Å². The van der Waals surface area contributed by atoms with E-state index in [0.717, 1.165) is 0 Å². The third-order valence-corrected chi connectivity index (χ3v) is 2.11. The van der Waals surface area contributed by atoms with Crippen molar-refractivity contribution < 1.29 is 19.1 Å². The minimum atomic E-state index is -1.07. The van der Waals surface area contributed by atoms with Crippen molar-refractivity contribution in [1.82, 2.24) is 10.6 Å². The Kier molecular flexibility index (Phi) is 4.50. The van der Waals surface area contributed by atoms with Gasteiger partial charge in [-0.2, -0.15) is 0 Å². The van der Waals surface area contributed by atoms with Crippen LogP contribution in [0.15, 0.2) is 18.2 Å². The molecule has 7 nitrogen and oxygen atoms in total. The van der Waals surface area contributed by atoms with Crippen molar-refractivity contribution in [2.45, 2.75) is 0 Å². The van der Waals surface area contributed by atoms with E-state index in [1.807, 2.05) is 5.32 Å². The number of primary amides is 1. The fraction of sp³-hybridized carbons (Fsp3) is 0.100. The first-order valence-electron chi connectivity index (χ1n) is 4.69. The monoisotopic (exact) mass is 271 g/mol. The van der Waals surface area contributed by atoms with Gasteiger partial charge in [-0.1, -0.05) is 11.6 Å². The fourth-order valence-corrected chi connectivity index (χ4v) is 1.34. The molecule has 0 atom stereocenters. The molecule has 0 aliphatic heterocycles. The number of imide groups is 2. The second kappa shape index (κ2) is 5.87. The number of benzene rings is 1. The van der Waals surface area contributed by atoms with Crippen LogP contribution in [0.4, 0.5) is 9.59 Å². The smallest absolute Gasteiger partial charge is 0.329 e. The summed E-state index contributed by atoms with van der Waals surface area (Å²) in [6, 6.07) is 2.23. The number of urea groups is 2. The molecule has 0 radical (unpaired) electrons. The highest BCUT2D eigenvalue weighted by molar-refractivity contribution is 6.31. The van der Waals surface area contributed by atoms with Crippen LogP contribution >= 0.6 is 11.6 Å². The summed E-state index contributed by atoms with van der Waals surface area (Å²) < 4.78 is 4.94. The molecule has 0 heterocycles. The molecule has 0 fully saturated rings. The summed E-state index contributed by atoms with van der Waals surface area (Å²) in [5, 5.41) is 3.89. The summed E-state index contributed by atoms with van der Waals surface area (Å²) in [7, 11) is 1.36. The van der Waals surface area contributed by atoms with Crippen molar-refractivity contribution in [2.75, 3.05) is 7.11 Å². The average molecular weight is 272 g/mol. The Hall–Kier alpha value is -2.28. The Morgan fingerprint density at radius 3 is 2.50 bits per heavy atom. The molecule has 0 unspecified atom stereocenters. The molecule has 4 N–H and O–H groups in total. The van der Waals surface area contributed by atoms with Crippen LogP contribution in [0.2, 0.25) is 5.02 Å². The molecule has 1 aromatic carbocycles. The van der Waals surface area contributed by atoms with Gasteiger partial charge in [0.1, 0.15) is 5.75 Å². The number of nitrogens with one attached hydrogen (secondary N) is 2. The van der Waals surface area contributed by atoms with Gasteiger partial charge in [-0.15, -0.1) is 0 Å². The second-order valence-electron chi connectivity index (χ2n) is 3.12. The van der Waals surface area contributed by atoms with Gasteiger partial charge in [0, 0.05) is 5.02 Å². The maximum Gasteiger partial charge on any atom is 0.329 e. The SMILES string of the molecule is COc1ccc(Cl)cc1C(=O)NC(=O)NC(N)=O. The molecular formula is C10H10ClN3O4. The van der Waals surface area contributed by atoms with Gasteiger partial charge in [0.05, 0.1) is 12.7 Å². The lowest BCUT2D eigenvalue weighted by atomic mass is 10.2. The Morgan fingerprint density at radius 2 is 1.94 bits per heavy atom. The number of ether oxygens (including phenoxy) is 1. The van der Waals surface area contributed by atoms with E-state index >= 15 is 0 Å². The topological polar surface area (TPSA) is 111 Å². The predicted octanol–water partition coefficient (Wildman–Crippen LogP) is 0.867. The maximum atomic E-state index is 11.7. The standard InChI is InChI=1S/C10H10ClN3O4/c1-18-7-3-2-5(11)4-6(7)8(15)13-10(17)14-9(12)16/h2-4H,1H3,(H4,12,13,14,15,16,17). The van der Waals surface area contributed by atoms with Crippen LogP contribution in [0.25, 0.3) is 0 Å². The lowest BCUT2D eigenvalue weighted by Gasteiger charge is -2.08.